The fourth-order valence-corrected chi connectivity index (χ4v) is 2.19. The zero-order valence-electron chi connectivity index (χ0n) is 14.3. The first-order valence-corrected chi connectivity index (χ1v) is 7.73. The SMILES string of the molecule is CC(C)=CCC/C(C)=C/COCc1cc(C)c(O)c(O)c1C=O. The van der Waals surface area contributed by atoms with Crippen molar-refractivity contribution in [3.8, 4) is 11.5 Å². The Kier molecular flexibility index (Phi) is 7.55. The highest BCUT2D eigenvalue weighted by atomic mass is 16.5. The summed E-state index contributed by atoms with van der Waals surface area (Å²) in [6.07, 6.45) is 6.77. The number of carbonyl (C=O) groups excluding carboxylic acids is 1. The average molecular weight is 318 g/mol. The summed E-state index contributed by atoms with van der Waals surface area (Å²) >= 11 is 0. The van der Waals surface area contributed by atoms with Gasteiger partial charge in [0.05, 0.1) is 18.8 Å². The molecule has 0 aromatic heterocycles. The Labute approximate surface area is 138 Å². The van der Waals surface area contributed by atoms with Gasteiger partial charge in [0.2, 0.25) is 0 Å². The summed E-state index contributed by atoms with van der Waals surface area (Å²) in [5.74, 6) is -0.641. The Morgan fingerprint density at radius 3 is 2.48 bits per heavy atom. The molecule has 0 atom stereocenters. The van der Waals surface area contributed by atoms with Crippen molar-refractivity contribution in [2.45, 2.75) is 47.1 Å². The quantitative estimate of drug-likeness (QED) is 0.322. The van der Waals surface area contributed by atoms with E-state index in [4.69, 9.17) is 4.74 Å². The van der Waals surface area contributed by atoms with E-state index >= 15 is 0 Å². The Bertz CT molecular complexity index is 608. The molecule has 23 heavy (non-hydrogen) atoms. The second kappa shape index (κ2) is 9.16. The van der Waals surface area contributed by atoms with Crippen LogP contribution in [0.2, 0.25) is 0 Å². The van der Waals surface area contributed by atoms with Crippen LogP contribution in [0.25, 0.3) is 0 Å². The summed E-state index contributed by atoms with van der Waals surface area (Å²) < 4.78 is 5.57. The smallest absolute Gasteiger partial charge is 0.168 e. The van der Waals surface area contributed by atoms with Crippen molar-refractivity contribution in [1.29, 1.82) is 0 Å². The Hall–Kier alpha value is -2.07. The monoisotopic (exact) mass is 318 g/mol. The summed E-state index contributed by atoms with van der Waals surface area (Å²) in [5, 5.41) is 19.4. The highest BCUT2D eigenvalue weighted by Gasteiger charge is 2.14. The van der Waals surface area contributed by atoms with Crippen molar-refractivity contribution in [1.82, 2.24) is 0 Å². The van der Waals surface area contributed by atoms with E-state index in [9.17, 15) is 15.0 Å². The van der Waals surface area contributed by atoms with Crippen LogP contribution in [0.3, 0.4) is 0 Å². The first kappa shape index (κ1) is 19.0. The van der Waals surface area contributed by atoms with E-state index in [1.54, 1.807) is 13.0 Å². The highest BCUT2D eigenvalue weighted by molar-refractivity contribution is 5.83. The lowest BCUT2D eigenvalue weighted by molar-refractivity contribution is 0.111. The second-order valence-corrected chi connectivity index (χ2v) is 5.97. The second-order valence-electron chi connectivity index (χ2n) is 5.97. The van der Waals surface area contributed by atoms with Crippen molar-refractivity contribution in [2.24, 2.45) is 0 Å². The van der Waals surface area contributed by atoms with Crippen LogP contribution in [0.4, 0.5) is 0 Å². The summed E-state index contributed by atoms with van der Waals surface area (Å²) in [7, 11) is 0. The molecule has 0 unspecified atom stereocenters. The van der Waals surface area contributed by atoms with Gasteiger partial charge in [0, 0.05) is 0 Å². The minimum Gasteiger partial charge on any atom is -0.504 e. The van der Waals surface area contributed by atoms with Crippen LogP contribution in [0, 0.1) is 6.92 Å². The van der Waals surface area contributed by atoms with E-state index in [0.29, 0.717) is 24.0 Å². The number of ether oxygens (including phenoxy) is 1. The number of benzene rings is 1. The van der Waals surface area contributed by atoms with Crippen molar-refractivity contribution in [3.63, 3.8) is 0 Å². The number of allylic oxidation sites excluding steroid dienone is 3. The third kappa shape index (κ3) is 5.91. The largest absolute Gasteiger partial charge is 0.504 e. The lowest BCUT2D eigenvalue weighted by Crippen LogP contribution is -2.00. The third-order valence-corrected chi connectivity index (χ3v) is 3.61. The summed E-state index contributed by atoms with van der Waals surface area (Å²) in [4.78, 5) is 11.1. The number of hydrogen-bond donors (Lipinski definition) is 2. The maximum atomic E-state index is 11.1. The lowest BCUT2D eigenvalue weighted by Gasteiger charge is -2.11. The molecule has 0 aliphatic carbocycles. The summed E-state index contributed by atoms with van der Waals surface area (Å²) in [6, 6.07) is 1.66. The fourth-order valence-electron chi connectivity index (χ4n) is 2.19. The Balaban J connectivity index is 2.59. The van der Waals surface area contributed by atoms with Gasteiger partial charge >= 0.3 is 0 Å². The van der Waals surface area contributed by atoms with Gasteiger partial charge in [0.25, 0.3) is 0 Å². The molecule has 0 saturated heterocycles. The van der Waals surface area contributed by atoms with E-state index in [1.165, 1.54) is 11.1 Å². The van der Waals surface area contributed by atoms with Crippen molar-refractivity contribution in [3.05, 3.63) is 46.1 Å². The number of aldehydes is 1. The first-order valence-electron chi connectivity index (χ1n) is 7.73. The standard InChI is InChI=1S/C19H26O4/c1-13(2)6-5-7-14(3)8-9-23-12-16-10-15(4)18(21)19(22)17(16)11-20/h6,8,10-11,21-22H,5,7,9,12H2,1-4H3/b14-8+. The minimum atomic E-state index is -0.382. The first-order chi connectivity index (χ1) is 10.9. The van der Waals surface area contributed by atoms with Gasteiger partial charge in [-0.1, -0.05) is 23.3 Å². The molecule has 0 aliphatic heterocycles. The van der Waals surface area contributed by atoms with Gasteiger partial charge in [-0.2, -0.15) is 0 Å². The number of aromatic hydroxyl groups is 2. The highest BCUT2D eigenvalue weighted by Crippen LogP contribution is 2.34. The van der Waals surface area contributed by atoms with Crippen molar-refractivity contribution < 1.29 is 19.7 Å². The topological polar surface area (TPSA) is 66.8 Å². The number of carbonyl (C=O) groups is 1. The van der Waals surface area contributed by atoms with Crippen LogP contribution in [0.5, 0.6) is 11.5 Å². The van der Waals surface area contributed by atoms with Gasteiger partial charge < -0.3 is 14.9 Å². The van der Waals surface area contributed by atoms with Gasteiger partial charge in [-0.3, -0.25) is 4.79 Å². The Morgan fingerprint density at radius 2 is 1.87 bits per heavy atom. The van der Waals surface area contributed by atoms with Crippen LogP contribution in [0.1, 0.15) is 55.1 Å². The van der Waals surface area contributed by atoms with Gasteiger partial charge in [-0.25, -0.2) is 0 Å². The normalized spacial score (nSPS) is 11.4. The molecule has 2 N–H and O–H groups in total. The van der Waals surface area contributed by atoms with E-state index in [2.05, 4.69) is 26.8 Å². The van der Waals surface area contributed by atoms with E-state index in [1.807, 2.05) is 6.08 Å². The number of rotatable bonds is 8. The third-order valence-electron chi connectivity index (χ3n) is 3.61. The molecule has 126 valence electrons. The maximum Gasteiger partial charge on any atom is 0.168 e. The predicted octanol–water partition coefficient (Wildman–Crippen LogP) is 4.43. The number of aryl methyl sites for hydroxylation is 1. The number of phenols is 2. The van der Waals surface area contributed by atoms with Crippen molar-refractivity contribution in [2.75, 3.05) is 6.61 Å². The molecule has 0 spiro atoms. The molecule has 1 aromatic rings. The van der Waals surface area contributed by atoms with Crippen molar-refractivity contribution >= 4 is 6.29 Å². The zero-order chi connectivity index (χ0) is 17.4. The molecule has 1 rings (SSSR count). The molecule has 0 bridgehead atoms. The average Bonchev–Trinajstić information content (AvgIpc) is 2.49. The van der Waals surface area contributed by atoms with Gasteiger partial charge in [-0.05, 0) is 57.7 Å². The van der Waals surface area contributed by atoms with Crippen LogP contribution >= 0.6 is 0 Å². The molecule has 0 fully saturated rings. The summed E-state index contributed by atoms with van der Waals surface area (Å²) in [6.45, 7) is 8.56. The van der Waals surface area contributed by atoms with Gasteiger partial charge in [-0.15, -0.1) is 0 Å². The predicted molar refractivity (Wildman–Crippen MR) is 92.0 cm³/mol. The van der Waals surface area contributed by atoms with Crippen LogP contribution in [-0.4, -0.2) is 23.1 Å². The molecule has 0 amide bonds. The molecule has 1 aromatic carbocycles. The van der Waals surface area contributed by atoms with Gasteiger partial charge in [0.15, 0.2) is 17.8 Å². The lowest BCUT2D eigenvalue weighted by atomic mass is 10.0. The molecule has 0 aliphatic rings. The van der Waals surface area contributed by atoms with Crippen LogP contribution in [-0.2, 0) is 11.3 Å². The van der Waals surface area contributed by atoms with E-state index in [-0.39, 0.29) is 23.7 Å². The van der Waals surface area contributed by atoms with Gasteiger partial charge in [0.1, 0.15) is 0 Å². The number of phenolic OH excluding ortho intramolecular Hbond substituents is 2. The minimum absolute atomic E-state index is 0.0809. The number of hydrogen-bond acceptors (Lipinski definition) is 4. The van der Waals surface area contributed by atoms with Crippen LogP contribution < -0.4 is 0 Å². The molecule has 4 heteroatoms. The molecule has 4 nitrogen and oxygen atoms in total. The van der Waals surface area contributed by atoms with E-state index in [0.717, 1.165) is 12.8 Å². The fraction of sp³-hybridized carbons (Fsp3) is 0.421. The maximum absolute atomic E-state index is 11.1. The molecule has 0 radical (unpaired) electrons. The Morgan fingerprint density at radius 1 is 1.17 bits per heavy atom. The molecule has 0 heterocycles. The molecular weight excluding hydrogens is 292 g/mol. The zero-order valence-corrected chi connectivity index (χ0v) is 14.3. The van der Waals surface area contributed by atoms with E-state index < -0.39 is 0 Å². The van der Waals surface area contributed by atoms with Crippen LogP contribution in [0.15, 0.2) is 29.4 Å². The molecular formula is C19H26O4. The summed E-state index contributed by atoms with van der Waals surface area (Å²) in [5.41, 5.74) is 3.74. The molecule has 0 saturated carbocycles.